The van der Waals surface area contributed by atoms with E-state index in [1.165, 1.54) is 77.0 Å². The second kappa shape index (κ2) is 23.5. The number of carbonyl (C=O) groups is 3. The maximum atomic E-state index is 12.3. The summed E-state index contributed by atoms with van der Waals surface area (Å²) in [6, 6.07) is 0. The summed E-state index contributed by atoms with van der Waals surface area (Å²) in [5.41, 5.74) is -1.91. The third-order valence-corrected chi connectivity index (χ3v) is 7.45. The molecule has 0 saturated heterocycles. The fraction of sp³-hybridized carbons (Fsp3) is 0.900. The molecule has 0 saturated carbocycles. The first kappa shape index (κ1) is 35.4. The molecule has 7 heteroatoms. The Balaban J connectivity index is 4.79. The zero-order valence-electron chi connectivity index (χ0n) is 24.0. The highest BCUT2D eigenvalue weighted by atomic mass is 16.4. The lowest BCUT2D eigenvalue weighted by molar-refractivity contribution is -0.163. The number of aliphatic carboxylic acids is 3. The van der Waals surface area contributed by atoms with Gasteiger partial charge in [0.2, 0.25) is 0 Å². The molecule has 0 radical (unpaired) electrons. The van der Waals surface area contributed by atoms with E-state index in [2.05, 4.69) is 13.8 Å². The number of carboxylic acid groups (broad SMARTS) is 3. The van der Waals surface area contributed by atoms with Gasteiger partial charge in [-0.25, -0.2) is 0 Å². The predicted molar refractivity (Wildman–Crippen MR) is 150 cm³/mol. The standard InChI is InChI=1S/C30H57NO6/c1-3-5-7-9-11-13-15-17-19-21-23-31(24-22-20-18-16-14-12-10-8-6-4-2)30(29(36)37,25-27(32)33)26-28(34)35/h3-26H2,1-2H3,(H,32,33)(H,34,35)(H,36,37). The van der Waals surface area contributed by atoms with Gasteiger partial charge in [0.15, 0.2) is 0 Å². The molecule has 0 aliphatic heterocycles. The average molecular weight is 528 g/mol. The maximum absolute atomic E-state index is 12.3. The van der Waals surface area contributed by atoms with Crippen LogP contribution in [0.25, 0.3) is 0 Å². The van der Waals surface area contributed by atoms with Crippen LogP contribution in [-0.4, -0.2) is 56.8 Å². The number of nitrogens with zero attached hydrogens (tertiary/aromatic N) is 1. The first-order valence-electron chi connectivity index (χ1n) is 15.2. The zero-order valence-corrected chi connectivity index (χ0v) is 24.0. The number of rotatable bonds is 28. The van der Waals surface area contributed by atoms with Crippen LogP contribution in [0.1, 0.15) is 155 Å². The van der Waals surface area contributed by atoms with E-state index in [1.807, 2.05) is 0 Å². The van der Waals surface area contributed by atoms with Crippen LogP contribution < -0.4 is 0 Å². The van der Waals surface area contributed by atoms with Crippen molar-refractivity contribution in [3.05, 3.63) is 0 Å². The van der Waals surface area contributed by atoms with Gasteiger partial charge in [-0.3, -0.25) is 19.3 Å². The summed E-state index contributed by atoms with van der Waals surface area (Å²) in [7, 11) is 0. The van der Waals surface area contributed by atoms with Crippen molar-refractivity contribution in [2.75, 3.05) is 13.1 Å². The fourth-order valence-electron chi connectivity index (χ4n) is 5.19. The summed E-state index contributed by atoms with van der Waals surface area (Å²) in [6.45, 7) is 5.26. The molecule has 7 nitrogen and oxygen atoms in total. The van der Waals surface area contributed by atoms with Crippen molar-refractivity contribution in [3.8, 4) is 0 Å². The van der Waals surface area contributed by atoms with E-state index in [-0.39, 0.29) is 0 Å². The van der Waals surface area contributed by atoms with E-state index in [9.17, 15) is 29.7 Å². The van der Waals surface area contributed by atoms with Crippen LogP contribution in [0.15, 0.2) is 0 Å². The van der Waals surface area contributed by atoms with Gasteiger partial charge in [0.05, 0.1) is 12.8 Å². The molecule has 0 spiro atoms. The highest BCUT2D eigenvalue weighted by Crippen LogP contribution is 2.27. The molecular weight excluding hydrogens is 470 g/mol. The molecule has 0 unspecified atom stereocenters. The lowest BCUT2D eigenvalue weighted by atomic mass is 9.88. The van der Waals surface area contributed by atoms with Crippen LogP contribution in [0.4, 0.5) is 0 Å². The van der Waals surface area contributed by atoms with Crippen molar-refractivity contribution in [2.24, 2.45) is 0 Å². The molecule has 0 heterocycles. The molecule has 0 aromatic rings. The molecule has 0 rings (SSSR count). The second-order valence-electron chi connectivity index (χ2n) is 10.8. The van der Waals surface area contributed by atoms with Gasteiger partial charge in [0.1, 0.15) is 5.54 Å². The first-order valence-corrected chi connectivity index (χ1v) is 15.2. The highest BCUT2D eigenvalue weighted by Gasteiger charge is 2.47. The zero-order chi connectivity index (χ0) is 27.8. The van der Waals surface area contributed by atoms with Gasteiger partial charge >= 0.3 is 17.9 Å². The molecule has 0 aromatic heterocycles. The van der Waals surface area contributed by atoms with Crippen molar-refractivity contribution in [2.45, 2.75) is 161 Å². The Morgan fingerprint density at radius 1 is 0.486 bits per heavy atom. The number of hydrogen-bond acceptors (Lipinski definition) is 4. The van der Waals surface area contributed by atoms with E-state index in [0.717, 1.165) is 51.4 Å². The summed E-state index contributed by atoms with van der Waals surface area (Å²) in [5.74, 6) is -3.91. The van der Waals surface area contributed by atoms with Gasteiger partial charge in [0.25, 0.3) is 0 Å². The van der Waals surface area contributed by atoms with Gasteiger partial charge < -0.3 is 15.3 Å². The molecular formula is C30H57NO6. The van der Waals surface area contributed by atoms with Crippen LogP contribution in [-0.2, 0) is 14.4 Å². The van der Waals surface area contributed by atoms with E-state index in [4.69, 9.17) is 0 Å². The quantitative estimate of drug-likeness (QED) is 0.0885. The van der Waals surface area contributed by atoms with Gasteiger partial charge in [-0.15, -0.1) is 0 Å². The van der Waals surface area contributed by atoms with Gasteiger partial charge in [-0.2, -0.15) is 0 Å². The monoisotopic (exact) mass is 527 g/mol. The van der Waals surface area contributed by atoms with Gasteiger partial charge in [-0.05, 0) is 25.9 Å². The lowest BCUT2D eigenvalue weighted by Gasteiger charge is -2.39. The average Bonchev–Trinajstić information content (AvgIpc) is 2.83. The van der Waals surface area contributed by atoms with Gasteiger partial charge in [0, 0.05) is 0 Å². The maximum Gasteiger partial charge on any atom is 0.325 e. The topological polar surface area (TPSA) is 115 Å². The molecule has 3 N–H and O–H groups in total. The van der Waals surface area contributed by atoms with Gasteiger partial charge in [-0.1, -0.05) is 129 Å². The minimum atomic E-state index is -1.91. The number of unbranched alkanes of at least 4 members (excludes halogenated alkanes) is 18. The summed E-state index contributed by atoms with van der Waals surface area (Å²) in [4.78, 5) is 37.2. The fourth-order valence-corrected chi connectivity index (χ4v) is 5.19. The smallest absolute Gasteiger partial charge is 0.325 e. The predicted octanol–water partition coefficient (Wildman–Crippen LogP) is 7.90. The minimum Gasteiger partial charge on any atom is -0.481 e. The Labute approximate surface area is 226 Å². The van der Waals surface area contributed by atoms with Crippen molar-refractivity contribution in [1.82, 2.24) is 4.90 Å². The Bertz CT molecular complexity index is 555. The molecule has 0 aromatic carbocycles. The van der Waals surface area contributed by atoms with Crippen molar-refractivity contribution < 1.29 is 29.7 Å². The Morgan fingerprint density at radius 3 is 1.00 bits per heavy atom. The molecule has 0 aliphatic rings. The van der Waals surface area contributed by atoms with Crippen molar-refractivity contribution in [3.63, 3.8) is 0 Å². The summed E-state index contributed by atoms with van der Waals surface area (Å²) in [6.07, 6.45) is 21.6. The molecule has 0 bridgehead atoms. The normalized spacial score (nSPS) is 11.8. The molecule has 37 heavy (non-hydrogen) atoms. The Kier molecular flexibility index (Phi) is 22.4. The van der Waals surface area contributed by atoms with E-state index < -0.39 is 36.3 Å². The van der Waals surface area contributed by atoms with Crippen molar-refractivity contribution in [1.29, 1.82) is 0 Å². The number of hydrogen-bond donors (Lipinski definition) is 3. The molecule has 218 valence electrons. The third-order valence-electron chi connectivity index (χ3n) is 7.45. The summed E-state index contributed by atoms with van der Waals surface area (Å²) in [5, 5.41) is 29.0. The first-order chi connectivity index (χ1) is 17.8. The Hall–Kier alpha value is -1.63. The summed E-state index contributed by atoms with van der Waals surface area (Å²) < 4.78 is 0. The highest BCUT2D eigenvalue weighted by molar-refractivity contribution is 5.89. The molecule has 0 fully saturated rings. The molecule has 0 amide bonds. The van der Waals surface area contributed by atoms with Crippen LogP contribution in [0.5, 0.6) is 0 Å². The summed E-state index contributed by atoms with van der Waals surface area (Å²) >= 11 is 0. The molecule has 0 atom stereocenters. The third kappa shape index (κ3) is 18.3. The van der Waals surface area contributed by atoms with E-state index in [1.54, 1.807) is 4.90 Å². The Morgan fingerprint density at radius 2 is 0.757 bits per heavy atom. The van der Waals surface area contributed by atoms with Crippen molar-refractivity contribution >= 4 is 17.9 Å². The van der Waals surface area contributed by atoms with E-state index >= 15 is 0 Å². The lowest BCUT2D eigenvalue weighted by Crippen LogP contribution is -2.57. The van der Waals surface area contributed by atoms with Crippen LogP contribution >= 0.6 is 0 Å². The minimum absolute atomic E-state index is 0.417. The number of carboxylic acids is 3. The largest absolute Gasteiger partial charge is 0.481 e. The van der Waals surface area contributed by atoms with Crippen LogP contribution in [0, 0.1) is 0 Å². The van der Waals surface area contributed by atoms with Crippen LogP contribution in [0.2, 0.25) is 0 Å². The second-order valence-corrected chi connectivity index (χ2v) is 10.8. The van der Waals surface area contributed by atoms with Crippen LogP contribution in [0.3, 0.4) is 0 Å². The SMILES string of the molecule is CCCCCCCCCCCCN(CCCCCCCCCCCC)C(CC(=O)O)(CC(=O)O)C(=O)O. The van der Waals surface area contributed by atoms with E-state index in [0.29, 0.717) is 13.1 Å². The molecule has 0 aliphatic carbocycles.